The molecule has 0 spiro atoms. The van der Waals surface area contributed by atoms with Gasteiger partial charge in [0.25, 0.3) is 11.5 Å². The fourth-order valence-corrected chi connectivity index (χ4v) is 2.37. The third-order valence-corrected chi connectivity index (χ3v) is 3.48. The Hall–Kier alpha value is -1.63. The largest absolute Gasteiger partial charge is 0.322 e. The fraction of sp³-hybridized carbons (Fsp3) is 0.143. The predicted molar refractivity (Wildman–Crippen MR) is 83.5 cm³/mol. The van der Waals surface area contributed by atoms with E-state index in [1.807, 2.05) is 25.1 Å². The molecule has 2 rings (SSSR count). The molecule has 1 amide bonds. The smallest absolute Gasteiger partial charge is 0.263 e. The van der Waals surface area contributed by atoms with E-state index in [4.69, 9.17) is 0 Å². The molecular weight excluding hydrogens is 355 g/mol. The van der Waals surface area contributed by atoms with Crippen molar-refractivity contribution in [3.63, 3.8) is 0 Å². The molecule has 0 bridgehead atoms. The molecule has 1 aromatic carbocycles. The van der Waals surface area contributed by atoms with Crippen molar-refractivity contribution in [3.8, 4) is 0 Å². The monoisotopic (exact) mass is 368 g/mol. The molecule has 1 aromatic heterocycles. The summed E-state index contributed by atoms with van der Waals surface area (Å²) in [7, 11) is 1.62. The molecule has 2 aromatic rings. The van der Waals surface area contributed by atoms with Crippen LogP contribution in [0.4, 0.5) is 5.69 Å². The van der Waals surface area contributed by atoms with Gasteiger partial charge < -0.3 is 9.88 Å². The van der Waals surface area contributed by atoms with Crippen molar-refractivity contribution in [2.45, 2.75) is 6.92 Å². The van der Waals surface area contributed by atoms with Crippen LogP contribution >= 0.6 is 22.6 Å². The predicted octanol–water partition coefficient (Wildman–Crippen LogP) is 2.55. The summed E-state index contributed by atoms with van der Waals surface area (Å²) < 4.78 is 2.49. The normalized spacial score (nSPS) is 10.3. The lowest BCUT2D eigenvalue weighted by atomic mass is 10.2. The summed E-state index contributed by atoms with van der Waals surface area (Å²) in [5.74, 6) is -0.384. The first kappa shape index (κ1) is 13.8. The summed E-state index contributed by atoms with van der Waals surface area (Å²) in [6.07, 6.45) is 1.62. The Morgan fingerprint density at radius 1 is 1.32 bits per heavy atom. The highest BCUT2D eigenvalue weighted by atomic mass is 127. The first-order valence-electron chi connectivity index (χ1n) is 5.72. The Bertz CT molecular complexity index is 692. The average Bonchev–Trinajstić information content (AvgIpc) is 2.36. The number of nitrogens with zero attached hydrogens (tertiary/aromatic N) is 1. The van der Waals surface area contributed by atoms with Crippen molar-refractivity contribution in [1.29, 1.82) is 0 Å². The van der Waals surface area contributed by atoms with Crippen LogP contribution in [0.25, 0.3) is 0 Å². The highest BCUT2D eigenvalue weighted by Crippen LogP contribution is 2.18. The maximum absolute atomic E-state index is 12.1. The minimum atomic E-state index is -0.384. The molecule has 0 saturated heterocycles. The maximum atomic E-state index is 12.1. The SMILES string of the molecule is Cc1cc(I)ccc1NC(=O)c1cccn(C)c1=O. The molecular formula is C14H13IN2O2. The molecule has 4 nitrogen and oxygen atoms in total. The standard InChI is InChI=1S/C14H13IN2O2/c1-9-8-10(15)5-6-12(9)16-13(18)11-4-3-7-17(2)14(11)19/h3-8H,1-2H3,(H,16,18). The molecule has 1 heterocycles. The Kier molecular flexibility index (Phi) is 4.04. The molecule has 0 atom stereocenters. The van der Waals surface area contributed by atoms with Gasteiger partial charge >= 0.3 is 0 Å². The van der Waals surface area contributed by atoms with E-state index in [0.29, 0.717) is 0 Å². The molecule has 0 aliphatic rings. The number of carbonyl (C=O) groups excluding carboxylic acids is 1. The molecule has 5 heteroatoms. The molecule has 0 radical (unpaired) electrons. The van der Waals surface area contributed by atoms with Crippen molar-refractivity contribution in [2.75, 3.05) is 5.32 Å². The number of hydrogen-bond acceptors (Lipinski definition) is 2. The van der Waals surface area contributed by atoms with Gasteiger partial charge in [-0.15, -0.1) is 0 Å². The number of aromatic nitrogens is 1. The van der Waals surface area contributed by atoms with E-state index in [1.165, 1.54) is 10.6 Å². The zero-order valence-electron chi connectivity index (χ0n) is 10.6. The lowest BCUT2D eigenvalue weighted by Crippen LogP contribution is -2.27. The molecule has 0 aliphatic carbocycles. The van der Waals surface area contributed by atoms with E-state index in [0.717, 1.165) is 14.8 Å². The van der Waals surface area contributed by atoms with Crippen LogP contribution in [0.5, 0.6) is 0 Å². The van der Waals surface area contributed by atoms with E-state index in [9.17, 15) is 9.59 Å². The second-order valence-corrected chi connectivity index (χ2v) is 5.50. The Morgan fingerprint density at radius 2 is 2.05 bits per heavy atom. The summed E-state index contributed by atoms with van der Waals surface area (Å²) in [6, 6.07) is 8.92. The van der Waals surface area contributed by atoms with Gasteiger partial charge in [0.05, 0.1) is 0 Å². The second-order valence-electron chi connectivity index (χ2n) is 4.25. The third kappa shape index (κ3) is 3.04. The average molecular weight is 368 g/mol. The molecule has 0 saturated carbocycles. The van der Waals surface area contributed by atoms with Crippen LogP contribution in [0.2, 0.25) is 0 Å². The Balaban J connectivity index is 2.31. The van der Waals surface area contributed by atoms with E-state index in [1.54, 1.807) is 19.3 Å². The van der Waals surface area contributed by atoms with Gasteiger partial charge in [0.2, 0.25) is 0 Å². The second kappa shape index (κ2) is 5.56. The van der Waals surface area contributed by atoms with Crippen molar-refractivity contribution in [2.24, 2.45) is 7.05 Å². The molecule has 19 heavy (non-hydrogen) atoms. The zero-order valence-corrected chi connectivity index (χ0v) is 12.8. The Labute approximate surface area is 124 Å². The van der Waals surface area contributed by atoms with Crippen LogP contribution in [0.15, 0.2) is 41.3 Å². The van der Waals surface area contributed by atoms with Gasteiger partial charge in [0, 0.05) is 22.5 Å². The first-order valence-corrected chi connectivity index (χ1v) is 6.80. The number of amides is 1. The van der Waals surface area contributed by atoms with Gasteiger partial charge in [-0.3, -0.25) is 9.59 Å². The molecule has 1 N–H and O–H groups in total. The number of nitrogens with one attached hydrogen (secondary N) is 1. The van der Waals surface area contributed by atoms with Crippen LogP contribution in [0.3, 0.4) is 0 Å². The number of carbonyl (C=O) groups is 1. The van der Waals surface area contributed by atoms with E-state index < -0.39 is 0 Å². The number of benzene rings is 1. The van der Waals surface area contributed by atoms with Gasteiger partial charge in [0.1, 0.15) is 5.56 Å². The fourth-order valence-electron chi connectivity index (χ4n) is 1.73. The minimum absolute atomic E-state index is 0.142. The van der Waals surface area contributed by atoms with Crippen LogP contribution in [0.1, 0.15) is 15.9 Å². The minimum Gasteiger partial charge on any atom is -0.322 e. The molecule has 0 fully saturated rings. The molecule has 98 valence electrons. The van der Waals surface area contributed by atoms with Crippen molar-refractivity contribution < 1.29 is 4.79 Å². The number of halogens is 1. The van der Waals surface area contributed by atoms with Gasteiger partial charge in [0.15, 0.2) is 0 Å². The topological polar surface area (TPSA) is 51.1 Å². The summed E-state index contributed by atoms with van der Waals surface area (Å²) in [6.45, 7) is 1.92. The highest BCUT2D eigenvalue weighted by molar-refractivity contribution is 14.1. The number of hydrogen-bond donors (Lipinski definition) is 1. The lowest BCUT2D eigenvalue weighted by Gasteiger charge is -2.09. The van der Waals surface area contributed by atoms with Crippen LogP contribution in [-0.4, -0.2) is 10.5 Å². The number of rotatable bonds is 2. The molecule has 0 aliphatic heterocycles. The van der Waals surface area contributed by atoms with E-state index in [2.05, 4.69) is 27.9 Å². The van der Waals surface area contributed by atoms with Crippen LogP contribution in [0, 0.1) is 10.5 Å². The summed E-state index contributed by atoms with van der Waals surface area (Å²) in [5, 5.41) is 2.77. The maximum Gasteiger partial charge on any atom is 0.263 e. The van der Waals surface area contributed by atoms with Gasteiger partial charge in [-0.1, -0.05) is 0 Å². The van der Waals surface area contributed by atoms with Crippen LogP contribution in [-0.2, 0) is 7.05 Å². The summed E-state index contributed by atoms with van der Waals surface area (Å²) in [4.78, 5) is 23.9. The number of aryl methyl sites for hydroxylation is 2. The van der Waals surface area contributed by atoms with Gasteiger partial charge in [-0.2, -0.15) is 0 Å². The number of pyridine rings is 1. The van der Waals surface area contributed by atoms with Crippen molar-refractivity contribution in [1.82, 2.24) is 4.57 Å². The van der Waals surface area contributed by atoms with Crippen LogP contribution < -0.4 is 10.9 Å². The Morgan fingerprint density at radius 3 is 2.74 bits per heavy atom. The summed E-state index contributed by atoms with van der Waals surface area (Å²) >= 11 is 2.21. The van der Waals surface area contributed by atoms with Crippen molar-refractivity contribution >= 4 is 34.2 Å². The first-order chi connectivity index (χ1) is 8.99. The highest BCUT2D eigenvalue weighted by Gasteiger charge is 2.12. The van der Waals surface area contributed by atoms with E-state index in [-0.39, 0.29) is 17.0 Å². The quantitative estimate of drug-likeness (QED) is 0.829. The van der Waals surface area contributed by atoms with E-state index >= 15 is 0 Å². The van der Waals surface area contributed by atoms with Crippen molar-refractivity contribution in [3.05, 3.63) is 61.6 Å². The third-order valence-electron chi connectivity index (χ3n) is 2.80. The molecule has 0 unspecified atom stereocenters. The van der Waals surface area contributed by atoms with Gasteiger partial charge in [-0.25, -0.2) is 0 Å². The zero-order chi connectivity index (χ0) is 14.0. The van der Waals surface area contributed by atoms with Gasteiger partial charge in [-0.05, 0) is 65.4 Å². The lowest BCUT2D eigenvalue weighted by molar-refractivity contribution is 0.102. The summed E-state index contributed by atoms with van der Waals surface area (Å²) in [5.41, 5.74) is 1.52. The number of anilines is 1.